The SMILES string of the molecule is CCOc1cc(C(=O)N2CCN(c3nnc(SCC(=O)Nc4ccccc4)s3)CC2)cc(OCC)c1OCC. The van der Waals surface area contributed by atoms with E-state index in [1.54, 1.807) is 12.1 Å². The highest BCUT2D eigenvalue weighted by atomic mass is 32.2. The van der Waals surface area contributed by atoms with E-state index in [1.807, 2.05) is 56.0 Å². The van der Waals surface area contributed by atoms with Gasteiger partial charge in [-0.25, -0.2) is 0 Å². The van der Waals surface area contributed by atoms with Crippen LogP contribution in [0.2, 0.25) is 0 Å². The monoisotopic (exact) mass is 571 g/mol. The standard InChI is InChI=1S/C27H33N5O5S2/c1-4-35-21-16-19(17-22(36-5-2)24(21)37-6-3)25(34)31-12-14-32(15-13-31)26-29-30-27(39-26)38-18-23(33)28-20-10-8-7-9-11-20/h7-11,16-17H,4-6,12-15,18H2,1-3H3,(H,28,33). The molecule has 12 heteroatoms. The van der Waals surface area contributed by atoms with Gasteiger partial charge in [-0.15, -0.1) is 10.2 Å². The van der Waals surface area contributed by atoms with Crippen LogP contribution in [0.15, 0.2) is 46.8 Å². The Balaban J connectivity index is 1.33. The molecule has 0 bridgehead atoms. The van der Waals surface area contributed by atoms with E-state index in [1.165, 1.54) is 23.1 Å². The summed E-state index contributed by atoms with van der Waals surface area (Å²) in [6, 6.07) is 12.8. The Bertz CT molecular complexity index is 1220. The first kappa shape index (κ1) is 28.5. The van der Waals surface area contributed by atoms with Gasteiger partial charge in [-0.1, -0.05) is 41.3 Å². The molecule has 1 N–H and O–H groups in total. The van der Waals surface area contributed by atoms with Crippen molar-refractivity contribution in [2.45, 2.75) is 25.1 Å². The van der Waals surface area contributed by atoms with Crippen LogP contribution < -0.4 is 24.4 Å². The van der Waals surface area contributed by atoms with Crippen LogP contribution in [-0.2, 0) is 4.79 Å². The summed E-state index contributed by atoms with van der Waals surface area (Å²) in [5.41, 5.74) is 1.27. The molecule has 1 fully saturated rings. The van der Waals surface area contributed by atoms with E-state index >= 15 is 0 Å². The van der Waals surface area contributed by atoms with Gasteiger partial charge in [0.05, 0.1) is 25.6 Å². The Morgan fingerprint density at radius 2 is 1.56 bits per heavy atom. The smallest absolute Gasteiger partial charge is 0.254 e. The van der Waals surface area contributed by atoms with Crippen molar-refractivity contribution < 1.29 is 23.8 Å². The third-order valence-corrected chi connectivity index (χ3v) is 7.89. The van der Waals surface area contributed by atoms with E-state index < -0.39 is 0 Å². The lowest BCUT2D eigenvalue weighted by atomic mass is 10.1. The highest BCUT2D eigenvalue weighted by Crippen LogP contribution is 2.39. The number of nitrogens with one attached hydrogen (secondary N) is 1. The van der Waals surface area contributed by atoms with Crippen molar-refractivity contribution in [1.29, 1.82) is 0 Å². The minimum atomic E-state index is -0.0932. The van der Waals surface area contributed by atoms with Crippen molar-refractivity contribution in [2.75, 3.05) is 62.0 Å². The number of benzene rings is 2. The molecule has 0 unspecified atom stereocenters. The number of para-hydroxylation sites is 1. The summed E-state index contributed by atoms with van der Waals surface area (Å²) in [4.78, 5) is 29.6. The van der Waals surface area contributed by atoms with Gasteiger partial charge in [0.1, 0.15) is 0 Å². The van der Waals surface area contributed by atoms with E-state index in [0.29, 0.717) is 68.8 Å². The van der Waals surface area contributed by atoms with E-state index in [2.05, 4.69) is 20.4 Å². The van der Waals surface area contributed by atoms with Gasteiger partial charge in [-0.05, 0) is 45.0 Å². The molecule has 2 heterocycles. The number of anilines is 2. The molecule has 0 spiro atoms. The third-order valence-electron chi connectivity index (χ3n) is 5.77. The van der Waals surface area contributed by atoms with Gasteiger partial charge < -0.3 is 29.3 Å². The van der Waals surface area contributed by atoms with Crippen molar-refractivity contribution in [1.82, 2.24) is 15.1 Å². The number of carbonyl (C=O) groups is 2. The molecule has 1 saturated heterocycles. The molecule has 0 radical (unpaired) electrons. The van der Waals surface area contributed by atoms with E-state index in [9.17, 15) is 9.59 Å². The minimum Gasteiger partial charge on any atom is -0.490 e. The first-order valence-electron chi connectivity index (χ1n) is 12.9. The van der Waals surface area contributed by atoms with E-state index in [4.69, 9.17) is 14.2 Å². The molecular weight excluding hydrogens is 538 g/mol. The summed E-state index contributed by atoms with van der Waals surface area (Å²) in [5, 5.41) is 12.2. The van der Waals surface area contributed by atoms with Gasteiger partial charge >= 0.3 is 0 Å². The lowest BCUT2D eigenvalue weighted by Gasteiger charge is -2.34. The molecule has 1 aromatic heterocycles. The average Bonchev–Trinajstić information content (AvgIpc) is 3.43. The summed E-state index contributed by atoms with van der Waals surface area (Å²) in [5.74, 6) is 1.60. The van der Waals surface area contributed by atoms with Crippen molar-refractivity contribution in [2.24, 2.45) is 0 Å². The summed E-state index contributed by atoms with van der Waals surface area (Å²) < 4.78 is 18.0. The van der Waals surface area contributed by atoms with Gasteiger partial charge in [0.25, 0.3) is 5.91 Å². The minimum absolute atomic E-state index is 0.0856. The van der Waals surface area contributed by atoms with E-state index in [-0.39, 0.29) is 17.6 Å². The predicted octanol–water partition coefficient (Wildman–Crippen LogP) is 4.43. The normalized spacial score (nSPS) is 13.2. The molecule has 1 aliphatic heterocycles. The second-order valence-corrected chi connectivity index (χ2v) is 10.6. The topological polar surface area (TPSA) is 106 Å². The quantitative estimate of drug-likeness (QED) is 0.316. The Labute approximate surface area is 236 Å². The molecule has 4 rings (SSSR count). The molecular formula is C27H33N5O5S2. The number of hydrogen-bond acceptors (Lipinski definition) is 10. The summed E-state index contributed by atoms with van der Waals surface area (Å²) in [7, 11) is 0. The molecule has 0 atom stereocenters. The van der Waals surface area contributed by atoms with Gasteiger partial charge in [0, 0.05) is 37.4 Å². The Hall–Kier alpha value is -3.51. The number of nitrogens with zero attached hydrogens (tertiary/aromatic N) is 4. The summed E-state index contributed by atoms with van der Waals surface area (Å²) in [6.07, 6.45) is 0. The van der Waals surface area contributed by atoms with E-state index in [0.717, 1.165) is 15.2 Å². The Morgan fingerprint density at radius 1 is 0.923 bits per heavy atom. The third kappa shape index (κ3) is 7.54. The number of amides is 2. The average molecular weight is 572 g/mol. The second-order valence-electron chi connectivity index (χ2n) is 8.43. The first-order chi connectivity index (χ1) is 19.0. The zero-order chi connectivity index (χ0) is 27.6. The summed E-state index contributed by atoms with van der Waals surface area (Å²) in [6.45, 7) is 9.38. The maximum absolute atomic E-state index is 13.4. The number of carbonyl (C=O) groups excluding carboxylic acids is 2. The molecule has 1 aliphatic rings. The summed E-state index contributed by atoms with van der Waals surface area (Å²) >= 11 is 2.81. The van der Waals surface area contributed by atoms with Crippen LogP contribution >= 0.6 is 23.1 Å². The van der Waals surface area contributed by atoms with Crippen LogP contribution in [0.1, 0.15) is 31.1 Å². The lowest BCUT2D eigenvalue weighted by Crippen LogP contribution is -2.48. The number of aromatic nitrogens is 2. The fraction of sp³-hybridized carbons (Fsp3) is 0.407. The molecule has 10 nitrogen and oxygen atoms in total. The molecule has 208 valence electrons. The lowest BCUT2D eigenvalue weighted by molar-refractivity contribution is -0.113. The zero-order valence-electron chi connectivity index (χ0n) is 22.3. The molecule has 0 aliphatic carbocycles. The number of ether oxygens (including phenoxy) is 3. The van der Waals surface area contributed by atoms with Crippen LogP contribution in [0, 0.1) is 0 Å². The highest BCUT2D eigenvalue weighted by Gasteiger charge is 2.26. The van der Waals surface area contributed by atoms with Crippen molar-refractivity contribution in [3.8, 4) is 17.2 Å². The fourth-order valence-corrected chi connectivity index (χ4v) is 5.72. The van der Waals surface area contributed by atoms with Crippen LogP contribution in [0.5, 0.6) is 17.2 Å². The molecule has 2 aromatic carbocycles. The van der Waals surface area contributed by atoms with Gasteiger partial charge in [-0.3, -0.25) is 9.59 Å². The Morgan fingerprint density at radius 3 is 2.18 bits per heavy atom. The molecule has 3 aromatic rings. The number of piperazine rings is 1. The van der Waals surface area contributed by atoms with Gasteiger partial charge in [0.2, 0.25) is 16.8 Å². The first-order valence-corrected chi connectivity index (χ1v) is 14.7. The zero-order valence-corrected chi connectivity index (χ0v) is 24.0. The van der Waals surface area contributed by atoms with Crippen molar-refractivity contribution in [3.63, 3.8) is 0 Å². The second kappa shape index (κ2) is 14.0. The molecule has 39 heavy (non-hydrogen) atoms. The van der Waals surface area contributed by atoms with Crippen molar-refractivity contribution >= 4 is 45.7 Å². The van der Waals surface area contributed by atoms with Crippen molar-refractivity contribution in [3.05, 3.63) is 48.0 Å². The van der Waals surface area contributed by atoms with Crippen LogP contribution in [0.4, 0.5) is 10.8 Å². The maximum Gasteiger partial charge on any atom is 0.254 e. The molecule has 2 amide bonds. The maximum atomic E-state index is 13.4. The highest BCUT2D eigenvalue weighted by molar-refractivity contribution is 8.01. The number of hydrogen-bond donors (Lipinski definition) is 1. The predicted molar refractivity (Wildman–Crippen MR) is 154 cm³/mol. The number of rotatable bonds is 12. The Kier molecular flexibility index (Phi) is 10.3. The largest absolute Gasteiger partial charge is 0.490 e. The number of thioether (sulfide) groups is 1. The van der Waals surface area contributed by atoms with Gasteiger partial charge in [-0.2, -0.15) is 0 Å². The van der Waals surface area contributed by atoms with Crippen LogP contribution in [-0.4, -0.2) is 78.7 Å². The van der Waals surface area contributed by atoms with Crippen LogP contribution in [0.25, 0.3) is 0 Å². The fourth-order valence-electron chi connectivity index (χ4n) is 4.03. The molecule has 0 saturated carbocycles. The van der Waals surface area contributed by atoms with Crippen LogP contribution in [0.3, 0.4) is 0 Å². The van der Waals surface area contributed by atoms with Gasteiger partial charge in [0.15, 0.2) is 15.8 Å².